The second-order valence-electron chi connectivity index (χ2n) is 15.8. The number of aliphatic hydroxyl groups excluding tert-OH is 1. The SMILES string of the molecule is CC/C=C\C/C=C\C/C=C\C/C=C\C/C=C\C/C=C\CCCCCCCCCCCCCCC(=O)OC(CO)COC(=O)CCCCCCC/C=C\C/C=C\CCCC. The predicted octanol–water partition coefficient (Wildman–Crippen LogP) is 16.0. The average molecular weight is 819 g/mol. The Hall–Kier alpha value is -3.18. The molecule has 0 aliphatic rings. The number of aliphatic hydroxyl groups is 1. The summed E-state index contributed by atoms with van der Waals surface area (Å²) in [5, 5.41) is 9.60. The van der Waals surface area contributed by atoms with Crippen LogP contribution in [0.2, 0.25) is 0 Å². The number of carbonyl (C=O) groups excluding carboxylic acids is 2. The molecule has 336 valence electrons. The molecule has 0 rings (SSSR count). The van der Waals surface area contributed by atoms with Crippen LogP contribution in [0.15, 0.2) is 97.2 Å². The Balaban J connectivity index is 3.55. The van der Waals surface area contributed by atoms with Crippen molar-refractivity contribution in [3.8, 4) is 0 Å². The first-order valence-electron chi connectivity index (χ1n) is 24.3. The third-order valence-corrected chi connectivity index (χ3v) is 10.1. The first kappa shape index (κ1) is 55.8. The zero-order chi connectivity index (χ0) is 42.8. The predicted molar refractivity (Wildman–Crippen MR) is 256 cm³/mol. The van der Waals surface area contributed by atoms with Crippen molar-refractivity contribution in [2.45, 2.75) is 219 Å². The van der Waals surface area contributed by atoms with Gasteiger partial charge in [0.05, 0.1) is 6.61 Å². The third kappa shape index (κ3) is 47.4. The van der Waals surface area contributed by atoms with Gasteiger partial charge in [0.25, 0.3) is 0 Å². The Morgan fingerprint density at radius 2 is 0.729 bits per heavy atom. The normalized spacial score (nSPS) is 13.1. The molecule has 0 saturated carbocycles. The Bertz CT molecular complexity index is 1150. The standard InChI is InChI=1S/C54H90O5/c1-3-5-7-9-11-13-15-17-19-20-21-22-23-24-25-26-27-28-29-30-31-32-33-34-35-37-39-41-43-45-47-49-54(57)59-52(50-55)51-58-53(56)48-46-44-42-40-38-36-18-16-14-12-10-8-6-4-2/h5,7,10-13,16-19,21-22,24-25,27-28,52,55H,3-4,6,8-9,14-15,20,23,26,29-51H2,1-2H3/b7-5-,12-10-,13-11-,18-16-,19-17-,22-21-,25-24-,28-27-. The molecule has 0 aliphatic heterocycles. The van der Waals surface area contributed by atoms with Crippen LogP contribution >= 0.6 is 0 Å². The van der Waals surface area contributed by atoms with Crippen LogP contribution in [0.25, 0.3) is 0 Å². The largest absolute Gasteiger partial charge is 0.462 e. The topological polar surface area (TPSA) is 72.8 Å². The Labute approximate surface area is 364 Å². The van der Waals surface area contributed by atoms with Gasteiger partial charge >= 0.3 is 11.9 Å². The van der Waals surface area contributed by atoms with Gasteiger partial charge in [-0.15, -0.1) is 0 Å². The van der Waals surface area contributed by atoms with E-state index in [1.807, 2.05) is 0 Å². The maximum atomic E-state index is 12.2. The molecule has 0 heterocycles. The zero-order valence-electron chi connectivity index (χ0n) is 38.2. The van der Waals surface area contributed by atoms with Crippen LogP contribution in [-0.2, 0) is 19.1 Å². The molecule has 0 aromatic carbocycles. The molecule has 0 aromatic heterocycles. The van der Waals surface area contributed by atoms with Gasteiger partial charge in [0.1, 0.15) is 6.61 Å². The van der Waals surface area contributed by atoms with E-state index < -0.39 is 6.10 Å². The minimum atomic E-state index is -0.783. The molecule has 0 bridgehead atoms. The summed E-state index contributed by atoms with van der Waals surface area (Å²) in [5.74, 6) is -0.613. The van der Waals surface area contributed by atoms with Gasteiger partial charge in [-0.25, -0.2) is 0 Å². The molecule has 1 unspecified atom stereocenters. The quantitative estimate of drug-likeness (QED) is 0.0377. The van der Waals surface area contributed by atoms with Crippen LogP contribution in [0.3, 0.4) is 0 Å². The lowest BCUT2D eigenvalue weighted by atomic mass is 10.0. The molecule has 0 fully saturated rings. The van der Waals surface area contributed by atoms with Crippen molar-refractivity contribution in [1.82, 2.24) is 0 Å². The van der Waals surface area contributed by atoms with E-state index >= 15 is 0 Å². The van der Waals surface area contributed by atoms with Gasteiger partial charge in [0.2, 0.25) is 0 Å². The first-order valence-corrected chi connectivity index (χ1v) is 24.3. The monoisotopic (exact) mass is 819 g/mol. The Kier molecular flexibility index (Phi) is 46.5. The maximum absolute atomic E-state index is 12.2. The van der Waals surface area contributed by atoms with E-state index in [0.717, 1.165) is 89.9 Å². The number of ether oxygens (including phenoxy) is 2. The fourth-order valence-corrected chi connectivity index (χ4v) is 6.46. The molecule has 0 amide bonds. The number of allylic oxidation sites excluding steroid dienone is 16. The second-order valence-corrected chi connectivity index (χ2v) is 15.8. The molecule has 5 heteroatoms. The molecule has 0 saturated heterocycles. The molecule has 0 aliphatic carbocycles. The molecule has 1 N–H and O–H groups in total. The molecule has 0 radical (unpaired) electrons. The van der Waals surface area contributed by atoms with Crippen molar-refractivity contribution in [3.05, 3.63) is 97.2 Å². The minimum absolute atomic E-state index is 0.0779. The van der Waals surface area contributed by atoms with Crippen LogP contribution in [0, 0.1) is 0 Å². The maximum Gasteiger partial charge on any atom is 0.306 e. The van der Waals surface area contributed by atoms with Crippen molar-refractivity contribution < 1.29 is 24.2 Å². The summed E-state index contributed by atoms with van der Waals surface area (Å²) in [6.45, 7) is 3.97. The van der Waals surface area contributed by atoms with Gasteiger partial charge < -0.3 is 14.6 Å². The van der Waals surface area contributed by atoms with Crippen LogP contribution in [0.1, 0.15) is 213 Å². The molecular weight excluding hydrogens is 729 g/mol. The van der Waals surface area contributed by atoms with Gasteiger partial charge in [-0.1, -0.05) is 207 Å². The summed E-state index contributed by atoms with van der Waals surface area (Å²) >= 11 is 0. The molecule has 0 spiro atoms. The first-order chi connectivity index (χ1) is 29.1. The van der Waals surface area contributed by atoms with E-state index in [2.05, 4.69) is 111 Å². The van der Waals surface area contributed by atoms with E-state index in [9.17, 15) is 14.7 Å². The Morgan fingerprint density at radius 1 is 0.407 bits per heavy atom. The van der Waals surface area contributed by atoms with E-state index in [1.165, 1.54) is 96.3 Å². The third-order valence-electron chi connectivity index (χ3n) is 10.1. The summed E-state index contributed by atoms with van der Waals surface area (Å²) in [5.41, 5.74) is 0. The lowest BCUT2D eigenvalue weighted by molar-refractivity contribution is -0.161. The van der Waals surface area contributed by atoms with Gasteiger partial charge in [0, 0.05) is 12.8 Å². The van der Waals surface area contributed by atoms with Crippen LogP contribution in [0.5, 0.6) is 0 Å². The zero-order valence-corrected chi connectivity index (χ0v) is 38.2. The van der Waals surface area contributed by atoms with Gasteiger partial charge in [-0.05, 0) is 89.9 Å². The smallest absolute Gasteiger partial charge is 0.306 e. The van der Waals surface area contributed by atoms with Crippen molar-refractivity contribution >= 4 is 11.9 Å². The number of hydrogen-bond donors (Lipinski definition) is 1. The fourth-order valence-electron chi connectivity index (χ4n) is 6.46. The number of carbonyl (C=O) groups is 2. The minimum Gasteiger partial charge on any atom is -0.462 e. The molecule has 59 heavy (non-hydrogen) atoms. The highest BCUT2D eigenvalue weighted by Crippen LogP contribution is 2.14. The number of rotatable bonds is 43. The number of esters is 2. The lowest BCUT2D eigenvalue weighted by Crippen LogP contribution is -2.28. The lowest BCUT2D eigenvalue weighted by Gasteiger charge is -2.15. The summed E-state index contributed by atoms with van der Waals surface area (Å²) in [7, 11) is 0. The van der Waals surface area contributed by atoms with Crippen molar-refractivity contribution in [3.63, 3.8) is 0 Å². The Morgan fingerprint density at radius 3 is 1.10 bits per heavy atom. The summed E-state index contributed by atoms with van der Waals surface area (Å²) < 4.78 is 10.6. The highest BCUT2D eigenvalue weighted by atomic mass is 16.6. The van der Waals surface area contributed by atoms with Crippen LogP contribution in [0.4, 0.5) is 0 Å². The average Bonchev–Trinajstić information content (AvgIpc) is 3.24. The van der Waals surface area contributed by atoms with E-state index in [-0.39, 0.29) is 25.2 Å². The van der Waals surface area contributed by atoms with E-state index in [4.69, 9.17) is 9.47 Å². The summed E-state index contributed by atoms with van der Waals surface area (Å²) in [6.07, 6.45) is 69.2. The van der Waals surface area contributed by atoms with Crippen LogP contribution in [-0.4, -0.2) is 36.4 Å². The summed E-state index contributed by atoms with van der Waals surface area (Å²) in [6, 6.07) is 0. The van der Waals surface area contributed by atoms with Gasteiger partial charge in [-0.2, -0.15) is 0 Å². The van der Waals surface area contributed by atoms with Crippen molar-refractivity contribution in [2.24, 2.45) is 0 Å². The molecular formula is C54H90O5. The van der Waals surface area contributed by atoms with Gasteiger partial charge in [-0.3, -0.25) is 9.59 Å². The van der Waals surface area contributed by atoms with Crippen LogP contribution < -0.4 is 0 Å². The molecule has 0 aromatic rings. The highest BCUT2D eigenvalue weighted by Gasteiger charge is 2.16. The molecule has 5 nitrogen and oxygen atoms in total. The van der Waals surface area contributed by atoms with E-state index in [1.54, 1.807) is 0 Å². The summed E-state index contributed by atoms with van der Waals surface area (Å²) in [4.78, 5) is 24.4. The highest BCUT2D eigenvalue weighted by molar-refractivity contribution is 5.70. The second kappa shape index (κ2) is 49.2. The van der Waals surface area contributed by atoms with E-state index in [0.29, 0.717) is 12.8 Å². The number of unbranched alkanes of at least 4 members (excludes halogenated alkanes) is 19. The number of hydrogen-bond acceptors (Lipinski definition) is 5. The molecule has 1 atom stereocenters. The van der Waals surface area contributed by atoms with Crippen molar-refractivity contribution in [2.75, 3.05) is 13.2 Å². The fraction of sp³-hybridized carbons (Fsp3) is 0.667. The van der Waals surface area contributed by atoms with Gasteiger partial charge in [0.15, 0.2) is 6.10 Å². The van der Waals surface area contributed by atoms with Crippen molar-refractivity contribution in [1.29, 1.82) is 0 Å².